The Balaban J connectivity index is 2.25. The van der Waals surface area contributed by atoms with Crippen molar-refractivity contribution in [2.45, 2.75) is 0 Å². The Hall–Kier alpha value is -2.34. The summed E-state index contributed by atoms with van der Waals surface area (Å²) < 4.78 is 0. The van der Waals surface area contributed by atoms with Gasteiger partial charge in [0.25, 0.3) is 5.56 Å². The van der Waals surface area contributed by atoms with Crippen molar-refractivity contribution >= 4 is 29.2 Å². The Kier molecular flexibility index (Phi) is 3.29. The molecule has 0 aliphatic rings. The van der Waals surface area contributed by atoms with Crippen molar-refractivity contribution in [1.82, 2.24) is 9.97 Å². The Bertz CT molecular complexity index is 637. The first-order valence-electron chi connectivity index (χ1n) is 4.91. The molecule has 18 heavy (non-hydrogen) atoms. The summed E-state index contributed by atoms with van der Waals surface area (Å²) in [6.07, 6.45) is 0.999. The van der Waals surface area contributed by atoms with E-state index in [1.165, 1.54) is 0 Å². The highest BCUT2D eigenvalue weighted by Crippen LogP contribution is 2.15. The van der Waals surface area contributed by atoms with Crippen molar-refractivity contribution in [3.63, 3.8) is 0 Å². The van der Waals surface area contributed by atoms with Crippen molar-refractivity contribution < 1.29 is 9.90 Å². The molecule has 0 radical (unpaired) electrons. The molecule has 0 amide bonds. The lowest BCUT2D eigenvalue weighted by atomic mass is 10.3. The average Bonchev–Trinajstić information content (AvgIpc) is 2.32. The molecule has 0 unspecified atom stereocenters. The van der Waals surface area contributed by atoms with Gasteiger partial charge in [-0.2, -0.15) is 0 Å². The molecule has 2 aromatic rings. The molecule has 7 heteroatoms. The van der Waals surface area contributed by atoms with Crippen LogP contribution in [0.2, 0.25) is 5.02 Å². The number of nitrogens with zero attached hydrogens (tertiary/aromatic N) is 1. The molecular formula is C11H8ClN3O3. The predicted octanol–water partition coefficient (Wildman–Crippen LogP) is 1.87. The van der Waals surface area contributed by atoms with Gasteiger partial charge in [-0.15, -0.1) is 0 Å². The van der Waals surface area contributed by atoms with Crippen LogP contribution in [0.3, 0.4) is 0 Å². The lowest BCUT2D eigenvalue weighted by Gasteiger charge is -2.05. The summed E-state index contributed by atoms with van der Waals surface area (Å²) in [5.74, 6) is -1.16. The number of rotatable bonds is 3. The number of aromatic amines is 1. The van der Waals surface area contributed by atoms with Gasteiger partial charge in [0.1, 0.15) is 5.56 Å². The van der Waals surface area contributed by atoms with E-state index >= 15 is 0 Å². The molecular weight excluding hydrogens is 258 g/mol. The summed E-state index contributed by atoms with van der Waals surface area (Å²) in [4.78, 5) is 28.1. The zero-order chi connectivity index (χ0) is 13.1. The fourth-order valence-electron chi connectivity index (χ4n) is 1.28. The average molecular weight is 266 g/mol. The Morgan fingerprint density at radius 1 is 1.33 bits per heavy atom. The third-order valence-electron chi connectivity index (χ3n) is 2.14. The van der Waals surface area contributed by atoms with Crippen LogP contribution in [0, 0.1) is 0 Å². The minimum atomic E-state index is -1.32. The maximum Gasteiger partial charge on any atom is 0.342 e. The van der Waals surface area contributed by atoms with E-state index in [4.69, 9.17) is 16.7 Å². The highest BCUT2D eigenvalue weighted by atomic mass is 35.5. The predicted molar refractivity (Wildman–Crippen MR) is 66.6 cm³/mol. The van der Waals surface area contributed by atoms with Crippen LogP contribution in [0.5, 0.6) is 0 Å². The topological polar surface area (TPSA) is 95.1 Å². The first-order chi connectivity index (χ1) is 8.56. The number of carboxylic acid groups (broad SMARTS) is 1. The third kappa shape index (κ3) is 2.67. The number of aromatic nitrogens is 2. The first kappa shape index (κ1) is 12.1. The fourth-order valence-corrected chi connectivity index (χ4v) is 1.41. The molecule has 0 saturated heterocycles. The SMILES string of the molecule is O=C(O)c1cnc(Nc2ccc(Cl)cc2)[nH]c1=O. The second-order valence-electron chi connectivity index (χ2n) is 3.41. The second-order valence-corrected chi connectivity index (χ2v) is 3.85. The van der Waals surface area contributed by atoms with Gasteiger partial charge in [0, 0.05) is 10.7 Å². The number of aromatic carboxylic acids is 1. The molecule has 0 fully saturated rings. The van der Waals surface area contributed by atoms with Crippen molar-refractivity contribution in [2.24, 2.45) is 0 Å². The van der Waals surface area contributed by atoms with Crippen LogP contribution in [0.25, 0.3) is 0 Å². The number of H-pyrrole nitrogens is 1. The molecule has 2 rings (SSSR count). The van der Waals surface area contributed by atoms with Gasteiger partial charge in [-0.1, -0.05) is 11.6 Å². The quantitative estimate of drug-likeness (QED) is 0.787. The first-order valence-corrected chi connectivity index (χ1v) is 5.29. The van der Waals surface area contributed by atoms with Crippen LogP contribution in [0.4, 0.5) is 11.6 Å². The van der Waals surface area contributed by atoms with Gasteiger partial charge in [-0.25, -0.2) is 9.78 Å². The van der Waals surface area contributed by atoms with E-state index in [0.29, 0.717) is 10.7 Å². The summed E-state index contributed by atoms with van der Waals surface area (Å²) in [6, 6.07) is 6.75. The summed E-state index contributed by atoms with van der Waals surface area (Å²) >= 11 is 5.73. The van der Waals surface area contributed by atoms with Crippen LogP contribution >= 0.6 is 11.6 Å². The lowest BCUT2D eigenvalue weighted by Crippen LogP contribution is -2.19. The Labute approximate surface area is 106 Å². The van der Waals surface area contributed by atoms with Crippen LogP contribution in [0.1, 0.15) is 10.4 Å². The molecule has 92 valence electrons. The lowest BCUT2D eigenvalue weighted by molar-refractivity contribution is 0.0694. The molecule has 1 aromatic carbocycles. The summed E-state index contributed by atoms with van der Waals surface area (Å²) in [7, 11) is 0. The van der Waals surface area contributed by atoms with E-state index in [0.717, 1.165) is 6.20 Å². The largest absolute Gasteiger partial charge is 0.477 e. The highest BCUT2D eigenvalue weighted by Gasteiger charge is 2.09. The summed E-state index contributed by atoms with van der Waals surface area (Å²) in [5.41, 5.74) is -0.448. The van der Waals surface area contributed by atoms with E-state index < -0.39 is 17.1 Å². The van der Waals surface area contributed by atoms with Gasteiger partial charge in [-0.3, -0.25) is 9.78 Å². The van der Waals surface area contributed by atoms with E-state index in [2.05, 4.69) is 15.3 Å². The number of carboxylic acids is 1. The summed E-state index contributed by atoms with van der Waals surface area (Å²) in [5, 5.41) is 12.1. The number of nitrogens with one attached hydrogen (secondary N) is 2. The number of anilines is 2. The zero-order valence-electron chi connectivity index (χ0n) is 8.98. The molecule has 0 bridgehead atoms. The zero-order valence-corrected chi connectivity index (χ0v) is 9.73. The summed E-state index contributed by atoms with van der Waals surface area (Å²) in [6.45, 7) is 0. The monoisotopic (exact) mass is 265 g/mol. The van der Waals surface area contributed by atoms with Crippen molar-refractivity contribution in [2.75, 3.05) is 5.32 Å². The van der Waals surface area contributed by atoms with Crippen LogP contribution in [0.15, 0.2) is 35.3 Å². The second kappa shape index (κ2) is 4.89. The number of halogens is 1. The molecule has 3 N–H and O–H groups in total. The van der Waals surface area contributed by atoms with Gasteiger partial charge in [0.05, 0.1) is 6.20 Å². The van der Waals surface area contributed by atoms with Gasteiger partial charge in [0.15, 0.2) is 0 Å². The van der Waals surface area contributed by atoms with E-state index in [9.17, 15) is 9.59 Å². The maximum atomic E-state index is 11.4. The van der Waals surface area contributed by atoms with Crippen LogP contribution in [-0.4, -0.2) is 21.0 Å². The molecule has 0 atom stereocenters. The van der Waals surface area contributed by atoms with Gasteiger partial charge in [-0.05, 0) is 24.3 Å². The standard InChI is InChI=1S/C11H8ClN3O3/c12-6-1-3-7(4-2-6)14-11-13-5-8(10(17)18)9(16)15-11/h1-5H,(H,17,18)(H2,13,14,15,16). The van der Waals surface area contributed by atoms with Gasteiger partial charge in [0.2, 0.25) is 5.95 Å². The fraction of sp³-hybridized carbons (Fsp3) is 0. The minimum absolute atomic E-state index is 0.160. The number of carbonyl (C=O) groups is 1. The minimum Gasteiger partial charge on any atom is -0.477 e. The molecule has 0 aliphatic heterocycles. The number of hydrogen-bond acceptors (Lipinski definition) is 4. The number of hydrogen-bond donors (Lipinski definition) is 3. The van der Waals surface area contributed by atoms with Crippen LogP contribution < -0.4 is 10.9 Å². The molecule has 0 spiro atoms. The van der Waals surface area contributed by atoms with E-state index in [1.807, 2.05) is 0 Å². The molecule has 1 heterocycles. The molecule has 0 saturated carbocycles. The van der Waals surface area contributed by atoms with E-state index in [1.54, 1.807) is 24.3 Å². The van der Waals surface area contributed by atoms with E-state index in [-0.39, 0.29) is 5.95 Å². The van der Waals surface area contributed by atoms with Gasteiger partial charge < -0.3 is 10.4 Å². The molecule has 6 nitrogen and oxygen atoms in total. The number of benzene rings is 1. The maximum absolute atomic E-state index is 11.4. The third-order valence-corrected chi connectivity index (χ3v) is 2.39. The smallest absolute Gasteiger partial charge is 0.342 e. The molecule has 0 aliphatic carbocycles. The normalized spacial score (nSPS) is 10.1. The van der Waals surface area contributed by atoms with Gasteiger partial charge >= 0.3 is 5.97 Å². The van der Waals surface area contributed by atoms with Crippen molar-refractivity contribution in [3.8, 4) is 0 Å². The Morgan fingerprint density at radius 2 is 2.00 bits per heavy atom. The van der Waals surface area contributed by atoms with Crippen LogP contribution in [-0.2, 0) is 0 Å². The van der Waals surface area contributed by atoms with Crippen molar-refractivity contribution in [1.29, 1.82) is 0 Å². The van der Waals surface area contributed by atoms with Crippen molar-refractivity contribution in [3.05, 3.63) is 51.4 Å². The molecule has 1 aromatic heterocycles. The highest BCUT2D eigenvalue weighted by molar-refractivity contribution is 6.30. The Morgan fingerprint density at radius 3 is 2.56 bits per heavy atom.